The number of benzene rings is 3. The van der Waals surface area contributed by atoms with E-state index in [1.165, 1.54) is 35.6 Å². The molecule has 0 aliphatic heterocycles. The zero-order valence-electron chi connectivity index (χ0n) is 19.1. The summed E-state index contributed by atoms with van der Waals surface area (Å²) >= 11 is 1.28. The monoisotopic (exact) mass is 497 g/mol. The number of carbonyl (C=O) groups excluding carboxylic acids is 2. The van der Waals surface area contributed by atoms with E-state index in [2.05, 4.69) is 4.98 Å². The molecular weight excluding hydrogens is 478 g/mol. The Morgan fingerprint density at radius 2 is 1.81 bits per heavy atom. The van der Waals surface area contributed by atoms with Gasteiger partial charge in [-0.05, 0) is 42.8 Å². The molecule has 0 saturated heterocycles. The average molecular weight is 498 g/mol. The van der Waals surface area contributed by atoms with Crippen LogP contribution in [0, 0.1) is 0 Å². The number of hydrogen-bond donors (Lipinski definition) is 0. The molecular formula is C28H19NO6S. The average Bonchev–Trinajstić information content (AvgIpc) is 3.32. The van der Waals surface area contributed by atoms with Crippen molar-refractivity contribution < 1.29 is 23.5 Å². The second-order valence-corrected chi connectivity index (χ2v) is 8.70. The first-order valence-corrected chi connectivity index (χ1v) is 11.9. The number of carbonyl (C=O) groups is 2. The molecule has 0 saturated carbocycles. The first-order valence-electron chi connectivity index (χ1n) is 11.1. The smallest absolute Gasteiger partial charge is 0.375 e. The third-order valence-corrected chi connectivity index (χ3v) is 6.32. The van der Waals surface area contributed by atoms with Crippen LogP contribution in [0.25, 0.3) is 37.8 Å². The predicted octanol–water partition coefficient (Wildman–Crippen LogP) is 5.87. The van der Waals surface area contributed by atoms with Gasteiger partial charge in [-0.1, -0.05) is 42.5 Å². The van der Waals surface area contributed by atoms with Gasteiger partial charge in [0.25, 0.3) is 0 Å². The van der Waals surface area contributed by atoms with E-state index >= 15 is 0 Å². The van der Waals surface area contributed by atoms with Gasteiger partial charge in [0.2, 0.25) is 11.2 Å². The van der Waals surface area contributed by atoms with Crippen molar-refractivity contribution in [3.8, 4) is 16.3 Å². The zero-order valence-corrected chi connectivity index (χ0v) is 19.9. The molecule has 0 radical (unpaired) electrons. The molecule has 0 unspecified atom stereocenters. The SMILES string of the molecule is CCOC(=O)c1oc2cc(OC(=O)/C=C/c3ccccc3)ccc2c(=O)c1-c1nc2ccccc2s1. The van der Waals surface area contributed by atoms with E-state index in [9.17, 15) is 14.4 Å². The fraction of sp³-hybridized carbons (Fsp3) is 0.0714. The van der Waals surface area contributed by atoms with Crippen LogP contribution in [-0.2, 0) is 9.53 Å². The van der Waals surface area contributed by atoms with Crippen molar-refractivity contribution in [1.29, 1.82) is 0 Å². The quantitative estimate of drug-likeness (QED) is 0.165. The Balaban J connectivity index is 1.55. The fourth-order valence-electron chi connectivity index (χ4n) is 3.63. The topological polar surface area (TPSA) is 95.7 Å². The molecule has 5 aromatic rings. The van der Waals surface area contributed by atoms with Gasteiger partial charge in [0, 0.05) is 12.1 Å². The van der Waals surface area contributed by atoms with Gasteiger partial charge in [-0.3, -0.25) is 4.79 Å². The van der Waals surface area contributed by atoms with E-state index in [0.29, 0.717) is 10.5 Å². The Hall–Kier alpha value is -4.56. The summed E-state index contributed by atoms with van der Waals surface area (Å²) in [6.07, 6.45) is 2.93. The molecule has 0 atom stereocenters. The molecule has 7 nitrogen and oxygen atoms in total. The molecule has 2 aromatic heterocycles. The van der Waals surface area contributed by atoms with E-state index in [4.69, 9.17) is 13.9 Å². The van der Waals surface area contributed by atoms with Gasteiger partial charge in [0.05, 0.1) is 22.2 Å². The molecule has 178 valence electrons. The number of esters is 2. The van der Waals surface area contributed by atoms with Crippen LogP contribution in [0.3, 0.4) is 0 Å². The summed E-state index contributed by atoms with van der Waals surface area (Å²) in [5, 5.41) is 0.577. The lowest BCUT2D eigenvalue weighted by molar-refractivity contribution is -0.128. The number of hydrogen-bond acceptors (Lipinski definition) is 8. The van der Waals surface area contributed by atoms with Gasteiger partial charge < -0.3 is 13.9 Å². The second-order valence-electron chi connectivity index (χ2n) is 7.67. The molecule has 0 bridgehead atoms. The Morgan fingerprint density at radius 1 is 1.03 bits per heavy atom. The summed E-state index contributed by atoms with van der Waals surface area (Å²) in [5.41, 5.74) is 1.25. The van der Waals surface area contributed by atoms with Crippen molar-refractivity contribution in [3.05, 3.63) is 100 Å². The summed E-state index contributed by atoms with van der Waals surface area (Å²) in [5.74, 6) is -1.46. The Bertz CT molecular complexity index is 1650. The molecule has 0 N–H and O–H groups in total. The predicted molar refractivity (Wildman–Crippen MR) is 138 cm³/mol. The van der Waals surface area contributed by atoms with Crippen molar-refractivity contribution in [1.82, 2.24) is 4.98 Å². The maximum Gasteiger partial charge on any atom is 0.375 e. The van der Waals surface area contributed by atoms with Crippen LogP contribution in [0.4, 0.5) is 0 Å². The van der Waals surface area contributed by atoms with E-state index in [-0.39, 0.29) is 34.6 Å². The highest BCUT2D eigenvalue weighted by Crippen LogP contribution is 2.33. The number of rotatable bonds is 6. The molecule has 3 aromatic carbocycles. The molecule has 0 aliphatic rings. The van der Waals surface area contributed by atoms with Crippen LogP contribution in [0.15, 0.2) is 88.1 Å². The lowest BCUT2D eigenvalue weighted by Gasteiger charge is -2.09. The van der Waals surface area contributed by atoms with Gasteiger partial charge >= 0.3 is 11.9 Å². The highest BCUT2D eigenvalue weighted by Gasteiger charge is 2.25. The minimum atomic E-state index is -0.779. The maximum absolute atomic E-state index is 13.5. The summed E-state index contributed by atoms with van der Waals surface area (Å²) in [6, 6.07) is 21.1. The number of para-hydroxylation sites is 1. The lowest BCUT2D eigenvalue weighted by atomic mass is 10.1. The van der Waals surface area contributed by atoms with E-state index in [1.807, 2.05) is 54.6 Å². The van der Waals surface area contributed by atoms with Crippen LogP contribution in [0.5, 0.6) is 5.75 Å². The minimum Gasteiger partial charge on any atom is -0.460 e. The number of ether oxygens (including phenoxy) is 2. The van der Waals surface area contributed by atoms with Crippen LogP contribution in [0.2, 0.25) is 0 Å². The normalized spacial score (nSPS) is 11.2. The lowest BCUT2D eigenvalue weighted by Crippen LogP contribution is -2.15. The largest absolute Gasteiger partial charge is 0.460 e. The highest BCUT2D eigenvalue weighted by atomic mass is 32.1. The van der Waals surface area contributed by atoms with Crippen LogP contribution < -0.4 is 10.2 Å². The Kier molecular flexibility index (Phi) is 6.42. The highest BCUT2D eigenvalue weighted by molar-refractivity contribution is 7.21. The van der Waals surface area contributed by atoms with Gasteiger partial charge in [0.15, 0.2) is 0 Å². The van der Waals surface area contributed by atoms with E-state index in [1.54, 1.807) is 13.0 Å². The molecule has 2 heterocycles. The molecule has 5 rings (SSSR count). The zero-order chi connectivity index (χ0) is 25.1. The molecule has 0 spiro atoms. The molecule has 0 amide bonds. The van der Waals surface area contributed by atoms with Crippen molar-refractivity contribution in [2.75, 3.05) is 6.61 Å². The summed E-state index contributed by atoms with van der Waals surface area (Å²) in [7, 11) is 0. The van der Waals surface area contributed by atoms with Crippen LogP contribution >= 0.6 is 11.3 Å². The van der Waals surface area contributed by atoms with Crippen molar-refractivity contribution in [2.24, 2.45) is 0 Å². The van der Waals surface area contributed by atoms with E-state index in [0.717, 1.165) is 10.3 Å². The van der Waals surface area contributed by atoms with E-state index < -0.39 is 17.4 Å². The first-order chi connectivity index (χ1) is 17.5. The number of thiazole rings is 1. The Labute approximate surface area is 209 Å². The first kappa shape index (κ1) is 23.2. The van der Waals surface area contributed by atoms with Gasteiger partial charge in [-0.15, -0.1) is 11.3 Å². The maximum atomic E-state index is 13.5. The molecule has 36 heavy (non-hydrogen) atoms. The number of aromatic nitrogens is 1. The van der Waals surface area contributed by atoms with Gasteiger partial charge in [0.1, 0.15) is 21.9 Å². The van der Waals surface area contributed by atoms with Crippen molar-refractivity contribution in [3.63, 3.8) is 0 Å². The summed E-state index contributed by atoms with van der Waals surface area (Å²) in [6.45, 7) is 1.76. The van der Waals surface area contributed by atoms with Gasteiger partial charge in [-0.25, -0.2) is 14.6 Å². The molecule has 0 fully saturated rings. The number of fused-ring (bicyclic) bond motifs is 2. The summed E-state index contributed by atoms with van der Waals surface area (Å²) in [4.78, 5) is 43.1. The Morgan fingerprint density at radius 3 is 2.58 bits per heavy atom. The van der Waals surface area contributed by atoms with Crippen molar-refractivity contribution in [2.45, 2.75) is 6.92 Å². The third-order valence-electron chi connectivity index (χ3n) is 5.26. The third kappa shape index (κ3) is 4.67. The minimum absolute atomic E-state index is 0.0395. The molecule has 0 aliphatic carbocycles. The second kappa shape index (κ2) is 9.97. The fourth-order valence-corrected chi connectivity index (χ4v) is 4.63. The van der Waals surface area contributed by atoms with Crippen LogP contribution in [0.1, 0.15) is 23.0 Å². The standard InChI is InChI=1S/C28H19NO6S/c1-2-33-28(32)26-24(27-29-20-10-6-7-11-22(20)36-27)25(31)19-14-13-18(16-21(19)35-26)34-23(30)15-12-17-8-4-3-5-9-17/h3-16H,2H2,1H3/b15-12+. The van der Waals surface area contributed by atoms with Crippen molar-refractivity contribution >= 4 is 50.5 Å². The van der Waals surface area contributed by atoms with Gasteiger partial charge in [-0.2, -0.15) is 0 Å². The number of nitrogens with zero attached hydrogens (tertiary/aromatic N) is 1. The molecule has 8 heteroatoms. The van der Waals surface area contributed by atoms with Crippen LogP contribution in [-0.4, -0.2) is 23.5 Å². The summed E-state index contributed by atoms with van der Waals surface area (Å²) < 4.78 is 17.3.